The van der Waals surface area contributed by atoms with E-state index in [1.54, 1.807) is 12.4 Å². The largest absolute Gasteiger partial charge is 0.443 e. The summed E-state index contributed by atoms with van der Waals surface area (Å²) >= 11 is 4.78. The molecule has 0 atom stereocenters. The molecule has 0 bridgehead atoms. The smallest absolute Gasteiger partial charge is 0.419 e. The highest BCUT2D eigenvalue weighted by Gasteiger charge is 2.20. The van der Waals surface area contributed by atoms with Crippen LogP contribution in [0.25, 0.3) is 10.6 Å². The Morgan fingerprint density at radius 2 is 2.22 bits per heavy atom. The molecule has 2 aromatic rings. The zero-order valence-corrected chi connectivity index (χ0v) is 12.7. The number of hydrogen-bond donors (Lipinski definition) is 0. The highest BCUT2D eigenvalue weighted by atomic mass is 79.9. The van der Waals surface area contributed by atoms with Crippen LogP contribution in [0.3, 0.4) is 0 Å². The molecule has 2 aromatic heterocycles. The Kier molecular flexibility index (Phi) is 3.59. The van der Waals surface area contributed by atoms with E-state index in [-0.39, 0.29) is 6.09 Å². The van der Waals surface area contributed by atoms with E-state index in [0.29, 0.717) is 0 Å². The average molecular weight is 329 g/mol. The van der Waals surface area contributed by atoms with Crippen molar-refractivity contribution in [1.82, 2.24) is 9.55 Å². The number of carbonyl (C=O) groups is 1. The van der Waals surface area contributed by atoms with E-state index in [9.17, 15) is 4.79 Å². The molecule has 0 saturated heterocycles. The van der Waals surface area contributed by atoms with E-state index in [4.69, 9.17) is 4.74 Å². The monoisotopic (exact) mass is 328 g/mol. The van der Waals surface area contributed by atoms with E-state index in [0.717, 1.165) is 14.5 Å². The summed E-state index contributed by atoms with van der Waals surface area (Å²) in [6, 6.07) is 3.68. The lowest BCUT2D eigenvalue weighted by molar-refractivity contribution is 0.0540. The highest BCUT2D eigenvalue weighted by Crippen LogP contribution is 2.29. The number of hydrogen-bond acceptors (Lipinski definition) is 4. The summed E-state index contributed by atoms with van der Waals surface area (Å²) in [6.07, 6.45) is 3.04. The van der Waals surface area contributed by atoms with Gasteiger partial charge in [-0.3, -0.25) is 4.57 Å². The second-order valence-corrected chi connectivity index (χ2v) is 7.03. The van der Waals surface area contributed by atoms with Gasteiger partial charge in [0.05, 0.1) is 10.6 Å². The minimum Gasteiger partial charge on any atom is -0.443 e. The zero-order chi connectivity index (χ0) is 13.3. The Bertz CT molecular complexity index is 569. The first-order valence-corrected chi connectivity index (χ1v) is 7.00. The Morgan fingerprint density at radius 1 is 1.50 bits per heavy atom. The van der Waals surface area contributed by atoms with Crippen LogP contribution in [0.2, 0.25) is 0 Å². The average Bonchev–Trinajstić information content (AvgIpc) is 2.81. The minimum absolute atomic E-state index is 0.382. The number of nitrogens with zero attached hydrogens (tertiary/aromatic N) is 2. The Balaban J connectivity index is 2.31. The molecular formula is C12H13BrN2O2S. The van der Waals surface area contributed by atoms with Crippen molar-refractivity contribution in [3.05, 3.63) is 28.4 Å². The van der Waals surface area contributed by atoms with Crippen molar-refractivity contribution in [2.45, 2.75) is 26.4 Å². The van der Waals surface area contributed by atoms with Crippen molar-refractivity contribution in [3.8, 4) is 10.6 Å². The molecule has 96 valence electrons. The van der Waals surface area contributed by atoms with E-state index >= 15 is 0 Å². The zero-order valence-electron chi connectivity index (χ0n) is 10.3. The quantitative estimate of drug-likeness (QED) is 0.789. The van der Waals surface area contributed by atoms with Crippen LogP contribution in [0.1, 0.15) is 20.8 Å². The maximum atomic E-state index is 12.0. The first kappa shape index (κ1) is 13.3. The summed E-state index contributed by atoms with van der Waals surface area (Å²) < 4.78 is 7.63. The van der Waals surface area contributed by atoms with Gasteiger partial charge in [0.1, 0.15) is 5.60 Å². The van der Waals surface area contributed by atoms with Crippen LogP contribution in [0.15, 0.2) is 28.4 Å². The third kappa shape index (κ3) is 3.00. The van der Waals surface area contributed by atoms with Crippen LogP contribution < -0.4 is 0 Å². The maximum absolute atomic E-state index is 12.0. The van der Waals surface area contributed by atoms with Crippen LogP contribution in [0.5, 0.6) is 0 Å². The van der Waals surface area contributed by atoms with Gasteiger partial charge in [-0.1, -0.05) is 0 Å². The van der Waals surface area contributed by atoms with Crippen LogP contribution in [0, 0.1) is 0 Å². The van der Waals surface area contributed by atoms with Crippen molar-refractivity contribution >= 4 is 33.4 Å². The highest BCUT2D eigenvalue weighted by molar-refractivity contribution is 9.11. The minimum atomic E-state index is -0.507. The van der Waals surface area contributed by atoms with Gasteiger partial charge in [0.15, 0.2) is 3.92 Å². The van der Waals surface area contributed by atoms with Gasteiger partial charge < -0.3 is 4.74 Å². The first-order valence-electron chi connectivity index (χ1n) is 5.39. The normalized spacial score (nSPS) is 11.6. The summed E-state index contributed by atoms with van der Waals surface area (Å²) in [4.78, 5) is 17.1. The molecule has 4 nitrogen and oxygen atoms in total. The predicted octanol–water partition coefficient (Wildman–Crippen LogP) is 4.16. The fraction of sp³-hybridized carbons (Fsp3) is 0.333. The summed E-state index contributed by atoms with van der Waals surface area (Å²) in [5.74, 6) is 0. The molecule has 0 saturated carbocycles. The lowest BCUT2D eigenvalue weighted by Gasteiger charge is -2.20. The van der Waals surface area contributed by atoms with Crippen molar-refractivity contribution in [3.63, 3.8) is 0 Å². The van der Waals surface area contributed by atoms with Gasteiger partial charge in [0.2, 0.25) is 0 Å². The summed E-state index contributed by atoms with van der Waals surface area (Å²) in [5, 5.41) is 0. The van der Waals surface area contributed by atoms with Crippen LogP contribution in [-0.2, 0) is 4.74 Å². The van der Waals surface area contributed by atoms with Gasteiger partial charge in [-0.2, -0.15) is 0 Å². The molecule has 0 aliphatic heterocycles. The molecule has 6 heteroatoms. The Hall–Kier alpha value is -1.14. The van der Waals surface area contributed by atoms with Gasteiger partial charge in [-0.15, -0.1) is 11.3 Å². The third-order valence-corrected chi connectivity index (χ3v) is 3.57. The topological polar surface area (TPSA) is 44.1 Å². The van der Waals surface area contributed by atoms with Crippen LogP contribution >= 0.6 is 27.3 Å². The first-order chi connectivity index (χ1) is 8.37. The van der Waals surface area contributed by atoms with Gasteiger partial charge in [-0.25, -0.2) is 9.78 Å². The number of rotatable bonds is 1. The molecule has 18 heavy (non-hydrogen) atoms. The molecule has 0 aliphatic carbocycles. The fourth-order valence-electron chi connectivity index (χ4n) is 1.42. The molecule has 0 radical (unpaired) electrons. The SMILES string of the molecule is CC(C)(C)OC(=O)n1cccc1-c1cnc(Br)s1. The standard InChI is InChI=1S/C12H13BrN2O2S/c1-12(2,3)17-11(16)15-6-4-5-8(15)9-7-14-10(13)18-9/h4-7H,1-3H3. The predicted molar refractivity (Wildman–Crippen MR) is 74.9 cm³/mol. The van der Waals surface area contributed by atoms with Crippen molar-refractivity contribution in [2.24, 2.45) is 0 Å². The van der Waals surface area contributed by atoms with Crippen LogP contribution in [-0.4, -0.2) is 21.2 Å². The third-order valence-electron chi connectivity index (χ3n) is 2.07. The molecule has 0 unspecified atom stereocenters. The fourth-order valence-corrected chi connectivity index (χ4v) is 2.71. The second kappa shape index (κ2) is 4.85. The van der Waals surface area contributed by atoms with E-state index < -0.39 is 5.60 Å². The van der Waals surface area contributed by atoms with Gasteiger partial charge >= 0.3 is 6.09 Å². The van der Waals surface area contributed by atoms with Gasteiger partial charge in [0.25, 0.3) is 0 Å². The molecule has 2 heterocycles. The molecule has 2 rings (SSSR count). The van der Waals surface area contributed by atoms with E-state index in [1.807, 2.05) is 32.9 Å². The Labute approximate surface area is 118 Å². The summed E-state index contributed by atoms with van der Waals surface area (Å²) in [6.45, 7) is 5.53. The van der Waals surface area contributed by atoms with Crippen molar-refractivity contribution < 1.29 is 9.53 Å². The molecule has 0 spiro atoms. The number of thiazole rings is 1. The summed E-state index contributed by atoms with van der Waals surface area (Å²) in [5.41, 5.74) is 0.278. The van der Waals surface area contributed by atoms with Crippen molar-refractivity contribution in [2.75, 3.05) is 0 Å². The van der Waals surface area contributed by atoms with Gasteiger partial charge in [-0.05, 0) is 48.8 Å². The lowest BCUT2D eigenvalue weighted by Crippen LogP contribution is -2.27. The molecule has 0 aliphatic rings. The number of carbonyl (C=O) groups excluding carboxylic acids is 1. The van der Waals surface area contributed by atoms with E-state index in [1.165, 1.54) is 15.9 Å². The molecular weight excluding hydrogens is 316 g/mol. The molecule has 0 fully saturated rings. The maximum Gasteiger partial charge on any atom is 0.419 e. The lowest BCUT2D eigenvalue weighted by atomic mass is 10.2. The number of aromatic nitrogens is 2. The van der Waals surface area contributed by atoms with Crippen LogP contribution in [0.4, 0.5) is 4.79 Å². The summed E-state index contributed by atoms with van der Waals surface area (Å²) in [7, 11) is 0. The molecule has 0 amide bonds. The molecule has 0 aromatic carbocycles. The second-order valence-electron chi connectivity index (χ2n) is 4.72. The van der Waals surface area contributed by atoms with E-state index in [2.05, 4.69) is 20.9 Å². The molecule has 0 N–H and O–H groups in total. The number of halogens is 1. The van der Waals surface area contributed by atoms with Crippen molar-refractivity contribution in [1.29, 1.82) is 0 Å². The van der Waals surface area contributed by atoms with Gasteiger partial charge in [0, 0.05) is 12.4 Å². The number of ether oxygens (including phenoxy) is 1. The Morgan fingerprint density at radius 3 is 2.78 bits per heavy atom.